The van der Waals surface area contributed by atoms with Crippen LogP contribution >= 0.6 is 11.3 Å². The Morgan fingerprint density at radius 2 is 2.00 bits per heavy atom. The Bertz CT molecular complexity index is 801. The topological polar surface area (TPSA) is 106 Å². The van der Waals surface area contributed by atoms with Crippen LogP contribution in [0.1, 0.15) is 17.8 Å². The average molecular weight is 344 g/mol. The normalized spacial score (nSPS) is 10.5. The van der Waals surface area contributed by atoms with Gasteiger partial charge in [-0.1, -0.05) is 36.5 Å². The molecule has 3 rings (SSSR count). The van der Waals surface area contributed by atoms with Gasteiger partial charge in [-0.15, -0.1) is 20.4 Å². The van der Waals surface area contributed by atoms with Crippen molar-refractivity contribution in [2.45, 2.75) is 19.8 Å². The fraction of sp³-hybridized carbons (Fsp3) is 0.267. The monoisotopic (exact) mass is 344 g/mol. The van der Waals surface area contributed by atoms with Gasteiger partial charge in [0.25, 0.3) is 0 Å². The van der Waals surface area contributed by atoms with Gasteiger partial charge in [0.1, 0.15) is 5.01 Å². The molecule has 0 aliphatic carbocycles. The number of carbonyl (C=O) groups excluding carboxylic acids is 1. The van der Waals surface area contributed by atoms with Crippen molar-refractivity contribution in [3.8, 4) is 11.5 Å². The number of anilines is 1. The summed E-state index contributed by atoms with van der Waals surface area (Å²) in [6, 6.07) is 9.19. The lowest BCUT2D eigenvalue weighted by Gasteiger charge is -2.02. The molecule has 2 amide bonds. The van der Waals surface area contributed by atoms with Crippen LogP contribution < -0.4 is 10.6 Å². The molecule has 0 saturated heterocycles. The van der Waals surface area contributed by atoms with Crippen LogP contribution in [0.5, 0.6) is 0 Å². The maximum absolute atomic E-state index is 11.8. The molecule has 8 nitrogen and oxygen atoms in total. The van der Waals surface area contributed by atoms with Crippen molar-refractivity contribution in [2.24, 2.45) is 0 Å². The predicted molar refractivity (Wildman–Crippen MR) is 89.7 cm³/mol. The molecule has 0 bridgehead atoms. The van der Waals surface area contributed by atoms with Gasteiger partial charge in [-0.25, -0.2) is 4.79 Å². The van der Waals surface area contributed by atoms with Gasteiger partial charge in [0.05, 0.1) is 0 Å². The van der Waals surface area contributed by atoms with E-state index in [9.17, 15) is 4.79 Å². The summed E-state index contributed by atoms with van der Waals surface area (Å²) >= 11 is 1.36. The SMILES string of the molecule is CCc1nnc(NC(=O)NCCc2nnc(-c3ccccc3)o2)s1. The number of urea groups is 1. The first-order valence-corrected chi connectivity index (χ1v) is 8.31. The standard InChI is InChI=1S/C15H16N6O2S/c1-2-12-19-21-15(24-12)17-14(22)16-9-8-11-18-20-13(23-11)10-6-4-3-5-7-10/h3-7H,2,8-9H2,1H3,(H2,16,17,21,22). The van der Waals surface area contributed by atoms with E-state index in [4.69, 9.17) is 4.42 Å². The molecule has 2 aromatic heterocycles. The molecule has 0 radical (unpaired) electrons. The smallest absolute Gasteiger partial charge is 0.321 e. The van der Waals surface area contributed by atoms with Crippen LogP contribution in [0.3, 0.4) is 0 Å². The molecule has 0 saturated carbocycles. The highest BCUT2D eigenvalue weighted by molar-refractivity contribution is 7.15. The minimum Gasteiger partial charge on any atom is -0.421 e. The van der Waals surface area contributed by atoms with Crippen molar-refractivity contribution in [2.75, 3.05) is 11.9 Å². The van der Waals surface area contributed by atoms with Crippen molar-refractivity contribution in [3.05, 3.63) is 41.2 Å². The molecule has 0 fully saturated rings. The molecular weight excluding hydrogens is 328 g/mol. The van der Waals surface area contributed by atoms with Crippen LogP contribution in [0, 0.1) is 0 Å². The van der Waals surface area contributed by atoms with Crippen LogP contribution in [0.25, 0.3) is 11.5 Å². The van der Waals surface area contributed by atoms with Crippen LogP contribution in [0.2, 0.25) is 0 Å². The van der Waals surface area contributed by atoms with Crippen LogP contribution in [0.4, 0.5) is 9.93 Å². The number of nitrogens with one attached hydrogen (secondary N) is 2. The van der Waals surface area contributed by atoms with Gasteiger partial charge >= 0.3 is 6.03 Å². The number of benzene rings is 1. The first kappa shape index (κ1) is 16.1. The number of amides is 2. The molecule has 2 heterocycles. The summed E-state index contributed by atoms with van der Waals surface area (Å²) in [4.78, 5) is 11.8. The molecule has 9 heteroatoms. The lowest BCUT2D eigenvalue weighted by Crippen LogP contribution is -2.30. The molecule has 24 heavy (non-hydrogen) atoms. The van der Waals surface area contributed by atoms with E-state index < -0.39 is 0 Å². The Balaban J connectivity index is 1.46. The lowest BCUT2D eigenvalue weighted by atomic mass is 10.2. The Morgan fingerprint density at radius 1 is 1.17 bits per heavy atom. The highest BCUT2D eigenvalue weighted by atomic mass is 32.1. The minimum atomic E-state index is -0.336. The molecule has 0 spiro atoms. The maximum Gasteiger partial charge on any atom is 0.321 e. The Kier molecular flexibility index (Phi) is 5.12. The van der Waals surface area contributed by atoms with Crippen molar-refractivity contribution >= 4 is 22.5 Å². The molecule has 3 aromatic rings. The van der Waals surface area contributed by atoms with E-state index in [1.165, 1.54) is 11.3 Å². The summed E-state index contributed by atoms with van der Waals surface area (Å²) in [5.74, 6) is 0.939. The van der Waals surface area contributed by atoms with E-state index in [-0.39, 0.29) is 6.03 Å². The Labute approximate surface area is 142 Å². The maximum atomic E-state index is 11.8. The number of hydrogen-bond acceptors (Lipinski definition) is 7. The minimum absolute atomic E-state index is 0.336. The predicted octanol–water partition coefficient (Wildman–Crippen LogP) is 2.51. The van der Waals surface area contributed by atoms with Crippen LogP contribution in [-0.4, -0.2) is 33.0 Å². The zero-order valence-corrected chi connectivity index (χ0v) is 13.8. The number of aromatic nitrogens is 4. The second-order valence-electron chi connectivity index (χ2n) is 4.85. The summed E-state index contributed by atoms with van der Waals surface area (Å²) in [6.07, 6.45) is 1.24. The Morgan fingerprint density at radius 3 is 2.75 bits per heavy atom. The van der Waals surface area contributed by atoms with Crippen molar-refractivity contribution < 1.29 is 9.21 Å². The first-order valence-electron chi connectivity index (χ1n) is 7.49. The van der Waals surface area contributed by atoms with Gasteiger partial charge in [0, 0.05) is 18.5 Å². The van der Waals surface area contributed by atoms with Crippen molar-refractivity contribution in [1.82, 2.24) is 25.7 Å². The van der Waals surface area contributed by atoms with Crippen LogP contribution in [-0.2, 0) is 12.8 Å². The number of nitrogens with zero attached hydrogens (tertiary/aromatic N) is 4. The first-order chi connectivity index (χ1) is 11.7. The third kappa shape index (κ3) is 4.13. The molecule has 1 aromatic carbocycles. The van der Waals surface area contributed by atoms with Crippen LogP contribution in [0.15, 0.2) is 34.7 Å². The van der Waals surface area contributed by atoms with E-state index >= 15 is 0 Å². The Hall–Kier alpha value is -2.81. The highest BCUT2D eigenvalue weighted by Gasteiger charge is 2.10. The van der Waals surface area contributed by atoms with E-state index in [0.29, 0.717) is 29.9 Å². The fourth-order valence-electron chi connectivity index (χ4n) is 1.92. The molecule has 0 aliphatic heterocycles. The number of hydrogen-bond donors (Lipinski definition) is 2. The van der Waals surface area contributed by atoms with E-state index in [0.717, 1.165) is 17.0 Å². The fourth-order valence-corrected chi connectivity index (χ4v) is 2.60. The summed E-state index contributed by atoms with van der Waals surface area (Å²) in [7, 11) is 0. The third-order valence-corrected chi connectivity index (χ3v) is 4.08. The summed E-state index contributed by atoms with van der Waals surface area (Å²) < 4.78 is 5.57. The van der Waals surface area contributed by atoms with E-state index in [1.54, 1.807) is 0 Å². The average Bonchev–Trinajstić information content (AvgIpc) is 3.25. The van der Waals surface area contributed by atoms with Gasteiger partial charge in [0.2, 0.25) is 16.9 Å². The van der Waals surface area contributed by atoms with Gasteiger partial charge < -0.3 is 9.73 Å². The van der Waals surface area contributed by atoms with Crippen molar-refractivity contribution in [1.29, 1.82) is 0 Å². The summed E-state index contributed by atoms with van der Waals surface area (Å²) in [5, 5.41) is 22.5. The van der Waals surface area contributed by atoms with Gasteiger partial charge in [-0.2, -0.15) is 0 Å². The molecule has 0 unspecified atom stereocenters. The van der Waals surface area contributed by atoms with Gasteiger partial charge in [0.15, 0.2) is 0 Å². The molecule has 124 valence electrons. The third-order valence-electron chi connectivity index (χ3n) is 3.10. The quantitative estimate of drug-likeness (QED) is 0.712. The zero-order chi connectivity index (χ0) is 16.8. The number of aryl methyl sites for hydroxylation is 1. The molecule has 0 aliphatic rings. The molecular formula is C15H16N6O2S. The van der Waals surface area contributed by atoms with E-state index in [1.807, 2.05) is 37.3 Å². The van der Waals surface area contributed by atoms with E-state index in [2.05, 4.69) is 31.0 Å². The second kappa shape index (κ2) is 7.64. The highest BCUT2D eigenvalue weighted by Crippen LogP contribution is 2.17. The van der Waals surface area contributed by atoms with Crippen molar-refractivity contribution in [3.63, 3.8) is 0 Å². The second-order valence-corrected chi connectivity index (χ2v) is 5.91. The largest absolute Gasteiger partial charge is 0.421 e. The molecule has 0 atom stereocenters. The lowest BCUT2D eigenvalue weighted by molar-refractivity contribution is 0.252. The number of rotatable bonds is 6. The van der Waals surface area contributed by atoms with Gasteiger partial charge in [-0.05, 0) is 18.6 Å². The summed E-state index contributed by atoms with van der Waals surface area (Å²) in [6.45, 7) is 2.36. The van der Waals surface area contributed by atoms with Gasteiger partial charge in [-0.3, -0.25) is 5.32 Å². The number of carbonyl (C=O) groups is 1. The zero-order valence-electron chi connectivity index (χ0n) is 13.0. The summed E-state index contributed by atoms with van der Waals surface area (Å²) in [5.41, 5.74) is 0.866. The molecule has 2 N–H and O–H groups in total.